The molecule has 0 aliphatic carbocycles. The lowest BCUT2D eigenvalue weighted by atomic mass is 9.92. The number of nitrogens with zero attached hydrogens (tertiary/aromatic N) is 4. The molecule has 20 heavy (non-hydrogen) atoms. The Bertz CT molecular complexity index is 786. The number of hydrogen-bond acceptors (Lipinski definition) is 4. The fourth-order valence-electron chi connectivity index (χ4n) is 2.64. The molecule has 0 bridgehead atoms. The van der Waals surface area contributed by atoms with E-state index < -0.39 is 0 Å². The maximum absolute atomic E-state index is 5.88. The number of para-hydroxylation sites is 1. The molecule has 6 heteroatoms. The zero-order valence-electron chi connectivity index (χ0n) is 10.5. The van der Waals surface area contributed by atoms with Gasteiger partial charge in [-0.25, -0.2) is 4.98 Å². The van der Waals surface area contributed by atoms with Crippen LogP contribution in [0.15, 0.2) is 36.7 Å². The van der Waals surface area contributed by atoms with Crippen LogP contribution in [0.1, 0.15) is 23.7 Å². The van der Waals surface area contributed by atoms with Crippen molar-refractivity contribution in [1.82, 2.24) is 19.6 Å². The fourth-order valence-corrected chi connectivity index (χ4v) is 2.78. The Kier molecular flexibility index (Phi) is 2.60. The van der Waals surface area contributed by atoms with Gasteiger partial charge in [-0.2, -0.15) is 0 Å². The third kappa shape index (κ3) is 1.74. The highest BCUT2D eigenvalue weighted by atomic mass is 35.5. The van der Waals surface area contributed by atoms with Crippen molar-refractivity contribution in [3.63, 3.8) is 0 Å². The van der Waals surface area contributed by atoms with Gasteiger partial charge in [-0.15, -0.1) is 10.2 Å². The number of fused-ring (bicyclic) bond motifs is 2. The standard InChI is InChI=1S/C14H11ClN4O/c15-12-7-13-17-18-14(19(13)8-16-12)10-5-6-20-11-4-2-1-3-9(10)11/h1-4,7-8,10H,5-6H2. The lowest BCUT2D eigenvalue weighted by Gasteiger charge is -2.24. The highest BCUT2D eigenvalue weighted by molar-refractivity contribution is 6.29. The van der Waals surface area contributed by atoms with Crippen LogP contribution in [0.2, 0.25) is 5.15 Å². The third-order valence-electron chi connectivity index (χ3n) is 3.56. The summed E-state index contributed by atoms with van der Waals surface area (Å²) in [6.45, 7) is 0.678. The van der Waals surface area contributed by atoms with Gasteiger partial charge in [-0.3, -0.25) is 4.40 Å². The van der Waals surface area contributed by atoms with Gasteiger partial charge in [0.05, 0.1) is 12.5 Å². The van der Waals surface area contributed by atoms with Gasteiger partial charge in [-0.05, 0) is 12.5 Å². The van der Waals surface area contributed by atoms with Crippen molar-refractivity contribution in [3.05, 3.63) is 53.2 Å². The summed E-state index contributed by atoms with van der Waals surface area (Å²) < 4.78 is 7.58. The van der Waals surface area contributed by atoms with Crippen molar-refractivity contribution in [2.24, 2.45) is 0 Å². The molecule has 1 atom stereocenters. The molecule has 4 rings (SSSR count). The molecule has 0 saturated heterocycles. The molecule has 3 heterocycles. The second kappa shape index (κ2) is 4.45. The molecule has 0 spiro atoms. The first-order chi connectivity index (χ1) is 9.83. The largest absolute Gasteiger partial charge is 0.493 e. The minimum Gasteiger partial charge on any atom is -0.493 e. The van der Waals surface area contributed by atoms with Crippen molar-refractivity contribution in [3.8, 4) is 5.75 Å². The van der Waals surface area contributed by atoms with Crippen LogP contribution in [0.3, 0.4) is 0 Å². The first-order valence-corrected chi connectivity index (χ1v) is 6.78. The maximum Gasteiger partial charge on any atom is 0.165 e. The molecule has 100 valence electrons. The van der Waals surface area contributed by atoms with E-state index in [1.54, 1.807) is 12.4 Å². The predicted octanol–water partition coefficient (Wildman–Crippen LogP) is 2.69. The summed E-state index contributed by atoms with van der Waals surface area (Å²) >= 11 is 5.88. The summed E-state index contributed by atoms with van der Waals surface area (Å²) in [5.74, 6) is 1.96. The second-order valence-electron chi connectivity index (χ2n) is 4.73. The Morgan fingerprint density at radius 1 is 1.25 bits per heavy atom. The molecular formula is C14H11ClN4O. The van der Waals surface area contributed by atoms with Gasteiger partial charge in [0.25, 0.3) is 0 Å². The highest BCUT2D eigenvalue weighted by Crippen LogP contribution is 2.37. The van der Waals surface area contributed by atoms with Gasteiger partial charge in [0.1, 0.15) is 23.1 Å². The summed E-state index contributed by atoms with van der Waals surface area (Å²) in [5, 5.41) is 8.91. The van der Waals surface area contributed by atoms with Gasteiger partial charge in [0, 0.05) is 11.6 Å². The molecule has 0 saturated carbocycles. The summed E-state index contributed by atoms with van der Waals surface area (Å²) in [7, 11) is 0. The molecule has 1 aliphatic heterocycles. The van der Waals surface area contributed by atoms with Gasteiger partial charge >= 0.3 is 0 Å². The van der Waals surface area contributed by atoms with E-state index in [9.17, 15) is 0 Å². The predicted molar refractivity (Wildman–Crippen MR) is 74.2 cm³/mol. The van der Waals surface area contributed by atoms with E-state index in [0.29, 0.717) is 17.4 Å². The van der Waals surface area contributed by atoms with E-state index in [0.717, 1.165) is 23.6 Å². The number of ether oxygens (including phenoxy) is 1. The van der Waals surface area contributed by atoms with Crippen LogP contribution >= 0.6 is 11.6 Å². The number of rotatable bonds is 1. The lowest BCUT2D eigenvalue weighted by molar-refractivity contribution is 0.274. The van der Waals surface area contributed by atoms with E-state index >= 15 is 0 Å². The van der Waals surface area contributed by atoms with Crippen LogP contribution in [-0.2, 0) is 0 Å². The van der Waals surface area contributed by atoms with Gasteiger partial charge in [0.15, 0.2) is 5.65 Å². The van der Waals surface area contributed by atoms with Crippen molar-refractivity contribution >= 4 is 17.2 Å². The van der Waals surface area contributed by atoms with Crippen LogP contribution in [-0.4, -0.2) is 26.2 Å². The molecule has 1 aliphatic rings. The maximum atomic E-state index is 5.88. The molecule has 0 amide bonds. The van der Waals surface area contributed by atoms with Crippen LogP contribution < -0.4 is 4.74 Å². The minimum absolute atomic E-state index is 0.165. The van der Waals surface area contributed by atoms with E-state index in [-0.39, 0.29) is 5.92 Å². The third-order valence-corrected chi connectivity index (χ3v) is 3.77. The molecule has 0 fully saturated rings. The Hall–Kier alpha value is -2.14. The number of halogens is 1. The molecule has 1 aromatic carbocycles. The van der Waals surface area contributed by atoms with Crippen molar-refractivity contribution < 1.29 is 4.74 Å². The van der Waals surface area contributed by atoms with Crippen LogP contribution in [0, 0.1) is 0 Å². The van der Waals surface area contributed by atoms with E-state index in [1.807, 2.05) is 22.6 Å². The fraction of sp³-hybridized carbons (Fsp3) is 0.214. The van der Waals surface area contributed by atoms with Gasteiger partial charge in [-0.1, -0.05) is 29.8 Å². The van der Waals surface area contributed by atoms with E-state index in [1.165, 1.54) is 0 Å². The molecule has 1 unspecified atom stereocenters. The summed E-state index contributed by atoms with van der Waals surface area (Å²) in [4.78, 5) is 4.11. The SMILES string of the molecule is Clc1cc2nnc(C3CCOc4ccccc43)n2cn1. The van der Waals surface area contributed by atoms with E-state index in [2.05, 4.69) is 21.2 Å². The lowest BCUT2D eigenvalue weighted by Crippen LogP contribution is -2.17. The van der Waals surface area contributed by atoms with Gasteiger partial charge < -0.3 is 4.74 Å². The molecular weight excluding hydrogens is 276 g/mol. The smallest absolute Gasteiger partial charge is 0.165 e. The average Bonchev–Trinajstić information content (AvgIpc) is 2.89. The summed E-state index contributed by atoms with van der Waals surface area (Å²) in [6, 6.07) is 9.76. The number of aromatic nitrogens is 4. The molecule has 5 nitrogen and oxygen atoms in total. The average molecular weight is 287 g/mol. The molecule has 2 aromatic heterocycles. The van der Waals surface area contributed by atoms with Crippen molar-refractivity contribution in [2.45, 2.75) is 12.3 Å². The van der Waals surface area contributed by atoms with E-state index in [4.69, 9.17) is 16.3 Å². The van der Waals surface area contributed by atoms with Gasteiger partial charge in [0.2, 0.25) is 0 Å². The molecule has 0 radical (unpaired) electrons. The topological polar surface area (TPSA) is 52.3 Å². The number of benzene rings is 1. The molecule has 0 N–H and O–H groups in total. The van der Waals surface area contributed by atoms with Crippen LogP contribution in [0.4, 0.5) is 0 Å². The minimum atomic E-state index is 0.165. The normalized spacial score (nSPS) is 17.8. The number of hydrogen-bond donors (Lipinski definition) is 0. The Balaban J connectivity index is 1.88. The monoisotopic (exact) mass is 286 g/mol. The van der Waals surface area contributed by atoms with Crippen LogP contribution in [0.25, 0.3) is 5.65 Å². The molecule has 3 aromatic rings. The van der Waals surface area contributed by atoms with Crippen molar-refractivity contribution in [1.29, 1.82) is 0 Å². The Morgan fingerprint density at radius 2 is 2.15 bits per heavy atom. The van der Waals surface area contributed by atoms with Crippen LogP contribution in [0.5, 0.6) is 5.75 Å². The Labute approximate surface area is 120 Å². The zero-order chi connectivity index (χ0) is 13.5. The Morgan fingerprint density at radius 3 is 3.10 bits per heavy atom. The first-order valence-electron chi connectivity index (χ1n) is 6.41. The second-order valence-corrected chi connectivity index (χ2v) is 5.11. The first kappa shape index (κ1) is 11.7. The van der Waals surface area contributed by atoms with Crippen molar-refractivity contribution in [2.75, 3.05) is 6.61 Å². The highest BCUT2D eigenvalue weighted by Gasteiger charge is 2.26. The zero-order valence-corrected chi connectivity index (χ0v) is 11.3. The summed E-state index contributed by atoms with van der Waals surface area (Å²) in [6.07, 6.45) is 2.55. The summed E-state index contributed by atoms with van der Waals surface area (Å²) in [5.41, 5.74) is 1.85. The quantitative estimate of drug-likeness (QED) is 0.646.